The Morgan fingerprint density at radius 2 is 1.17 bits per heavy atom. The zero-order valence-electron chi connectivity index (χ0n) is 16.9. The zero-order chi connectivity index (χ0) is 21.9. The van der Waals surface area contributed by atoms with Gasteiger partial charge < -0.3 is 19.7 Å². The van der Waals surface area contributed by atoms with Crippen LogP contribution in [0.25, 0.3) is 0 Å². The largest absolute Gasteiger partial charge is 0.508 e. The van der Waals surface area contributed by atoms with Gasteiger partial charge in [-0.25, -0.2) is 9.59 Å². The highest BCUT2D eigenvalue weighted by Crippen LogP contribution is 2.35. The van der Waals surface area contributed by atoms with E-state index in [9.17, 15) is 19.8 Å². The van der Waals surface area contributed by atoms with Crippen LogP contribution in [0, 0.1) is 0 Å². The molecule has 30 heavy (non-hydrogen) atoms. The van der Waals surface area contributed by atoms with E-state index in [2.05, 4.69) is 0 Å². The molecule has 0 unspecified atom stereocenters. The Morgan fingerprint density at radius 3 is 1.63 bits per heavy atom. The maximum Gasteiger partial charge on any atom is 0.343 e. The molecule has 154 valence electrons. The Balaban J connectivity index is 1.84. The van der Waals surface area contributed by atoms with Crippen molar-refractivity contribution in [2.45, 2.75) is 26.2 Å². The first-order valence-electron chi connectivity index (χ1n) is 9.30. The average Bonchev–Trinajstić information content (AvgIpc) is 2.69. The number of hydrogen-bond donors (Lipinski definition) is 2. The molecule has 3 aromatic carbocycles. The maximum atomic E-state index is 12.5. The molecule has 0 fully saturated rings. The Labute approximate surface area is 174 Å². The van der Waals surface area contributed by atoms with E-state index < -0.39 is 17.4 Å². The van der Waals surface area contributed by atoms with Gasteiger partial charge in [-0.05, 0) is 72.1 Å². The third kappa shape index (κ3) is 4.97. The molecule has 0 bridgehead atoms. The van der Waals surface area contributed by atoms with Crippen LogP contribution in [0.4, 0.5) is 0 Å². The van der Waals surface area contributed by atoms with E-state index in [-0.39, 0.29) is 11.5 Å². The summed E-state index contributed by atoms with van der Waals surface area (Å²) >= 11 is 0. The molecule has 0 heterocycles. The van der Waals surface area contributed by atoms with Gasteiger partial charge in [0.1, 0.15) is 23.0 Å². The molecule has 0 aliphatic heterocycles. The van der Waals surface area contributed by atoms with Crippen molar-refractivity contribution in [3.8, 4) is 23.0 Å². The Bertz CT molecular complexity index is 1060. The highest BCUT2D eigenvalue weighted by molar-refractivity contribution is 5.92. The minimum Gasteiger partial charge on any atom is -0.508 e. The number of benzene rings is 3. The van der Waals surface area contributed by atoms with Gasteiger partial charge in [0.15, 0.2) is 0 Å². The van der Waals surface area contributed by atoms with Gasteiger partial charge in [0, 0.05) is 5.56 Å². The predicted octanol–water partition coefficient (Wildman–Crippen LogP) is 4.83. The summed E-state index contributed by atoms with van der Waals surface area (Å²) in [4.78, 5) is 24.8. The number of rotatable bonds is 4. The number of ether oxygens (including phenoxy) is 2. The van der Waals surface area contributed by atoms with Crippen LogP contribution in [-0.2, 0) is 5.41 Å². The van der Waals surface area contributed by atoms with Gasteiger partial charge in [-0.3, -0.25) is 0 Å². The van der Waals surface area contributed by atoms with Crippen molar-refractivity contribution in [3.05, 3.63) is 83.4 Å². The van der Waals surface area contributed by atoms with E-state index >= 15 is 0 Å². The van der Waals surface area contributed by atoms with Crippen molar-refractivity contribution in [2.75, 3.05) is 0 Å². The van der Waals surface area contributed by atoms with Gasteiger partial charge in [0.2, 0.25) is 0 Å². The molecule has 6 nitrogen and oxygen atoms in total. The normalized spacial score (nSPS) is 11.0. The molecule has 3 rings (SSSR count). The van der Waals surface area contributed by atoms with Crippen molar-refractivity contribution in [3.63, 3.8) is 0 Å². The van der Waals surface area contributed by atoms with Gasteiger partial charge in [-0.2, -0.15) is 0 Å². The molecule has 0 atom stereocenters. The summed E-state index contributed by atoms with van der Waals surface area (Å²) in [5.74, 6) is -0.353. The molecule has 0 aliphatic rings. The molecule has 2 N–H and O–H groups in total. The van der Waals surface area contributed by atoms with Crippen molar-refractivity contribution < 1.29 is 29.3 Å². The van der Waals surface area contributed by atoms with Crippen LogP contribution >= 0.6 is 0 Å². The first-order valence-corrected chi connectivity index (χ1v) is 9.30. The number of phenols is 2. The first kappa shape index (κ1) is 20.9. The number of hydrogen-bond acceptors (Lipinski definition) is 6. The van der Waals surface area contributed by atoms with E-state index in [0.29, 0.717) is 28.2 Å². The quantitative estimate of drug-likeness (QED) is 0.476. The second-order valence-electron chi connectivity index (χ2n) is 7.78. The molecule has 0 radical (unpaired) electrons. The molecule has 0 saturated heterocycles. The van der Waals surface area contributed by atoms with Crippen LogP contribution in [0.1, 0.15) is 47.1 Å². The van der Waals surface area contributed by atoms with Gasteiger partial charge in [-0.1, -0.05) is 20.8 Å². The summed E-state index contributed by atoms with van der Waals surface area (Å²) in [5, 5.41) is 18.7. The molecule has 0 spiro atoms. The SMILES string of the molecule is CC(C)(C)c1cc(OC(=O)c2ccc(O)cc2)ccc1OC(=O)c1ccc(O)cc1. The lowest BCUT2D eigenvalue weighted by Gasteiger charge is -2.23. The van der Waals surface area contributed by atoms with E-state index in [1.807, 2.05) is 20.8 Å². The second-order valence-corrected chi connectivity index (χ2v) is 7.78. The zero-order valence-corrected chi connectivity index (χ0v) is 16.9. The standard InChI is InChI=1S/C24H22O6/c1-24(2,3)20-14-19(29-22(27)15-4-8-17(25)9-5-15)12-13-21(20)30-23(28)16-6-10-18(26)11-7-16/h4-14,25-26H,1-3H3. The van der Waals surface area contributed by atoms with Crippen LogP contribution < -0.4 is 9.47 Å². The molecular weight excluding hydrogens is 384 g/mol. The van der Waals surface area contributed by atoms with Gasteiger partial charge in [0.05, 0.1) is 11.1 Å². The molecule has 0 aromatic heterocycles. The van der Waals surface area contributed by atoms with Crippen LogP contribution in [0.2, 0.25) is 0 Å². The topological polar surface area (TPSA) is 93.1 Å². The molecule has 3 aromatic rings. The molecule has 0 amide bonds. The highest BCUT2D eigenvalue weighted by Gasteiger charge is 2.23. The number of phenolic OH excluding ortho intramolecular Hbond substituents is 2. The summed E-state index contributed by atoms with van der Waals surface area (Å²) in [6, 6.07) is 16.3. The third-order valence-electron chi connectivity index (χ3n) is 4.38. The van der Waals surface area contributed by atoms with Crippen LogP contribution in [0.15, 0.2) is 66.7 Å². The summed E-state index contributed by atoms with van der Waals surface area (Å²) in [6.45, 7) is 5.85. The van der Waals surface area contributed by atoms with Crippen LogP contribution in [-0.4, -0.2) is 22.2 Å². The minimum absolute atomic E-state index is 0.0568. The second kappa shape index (κ2) is 8.29. The van der Waals surface area contributed by atoms with E-state index in [4.69, 9.17) is 9.47 Å². The number of carbonyl (C=O) groups is 2. The fraction of sp³-hybridized carbons (Fsp3) is 0.167. The van der Waals surface area contributed by atoms with Gasteiger partial charge >= 0.3 is 11.9 Å². The van der Waals surface area contributed by atoms with Crippen LogP contribution in [0.3, 0.4) is 0 Å². The Morgan fingerprint density at radius 1 is 0.700 bits per heavy atom. The Hall–Kier alpha value is -3.80. The van der Waals surface area contributed by atoms with Gasteiger partial charge in [0.25, 0.3) is 0 Å². The van der Waals surface area contributed by atoms with Crippen molar-refractivity contribution in [1.29, 1.82) is 0 Å². The lowest BCUT2D eigenvalue weighted by atomic mass is 9.86. The molecule has 0 saturated carbocycles. The summed E-state index contributed by atoms with van der Waals surface area (Å²) in [6.07, 6.45) is 0. The smallest absolute Gasteiger partial charge is 0.343 e. The molecule has 6 heteroatoms. The minimum atomic E-state index is -0.566. The average molecular weight is 406 g/mol. The lowest BCUT2D eigenvalue weighted by molar-refractivity contribution is 0.0716. The lowest BCUT2D eigenvalue weighted by Crippen LogP contribution is -2.17. The third-order valence-corrected chi connectivity index (χ3v) is 4.38. The van der Waals surface area contributed by atoms with Crippen molar-refractivity contribution in [2.24, 2.45) is 0 Å². The monoisotopic (exact) mass is 406 g/mol. The fourth-order valence-corrected chi connectivity index (χ4v) is 2.77. The molecular formula is C24H22O6. The summed E-state index contributed by atoms with van der Waals surface area (Å²) in [5.41, 5.74) is 0.889. The highest BCUT2D eigenvalue weighted by atomic mass is 16.5. The van der Waals surface area contributed by atoms with E-state index in [1.54, 1.807) is 18.2 Å². The van der Waals surface area contributed by atoms with Crippen molar-refractivity contribution >= 4 is 11.9 Å². The van der Waals surface area contributed by atoms with Crippen LogP contribution in [0.5, 0.6) is 23.0 Å². The van der Waals surface area contributed by atoms with E-state index in [0.717, 1.165) is 0 Å². The maximum absolute atomic E-state index is 12.5. The Kier molecular flexibility index (Phi) is 5.78. The number of esters is 2. The predicted molar refractivity (Wildman–Crippen MR) is 111 cm³/mol. The number of aromatic hydroxyl groups is 2. The number of carbonyl (C=O) groups excluding carboxylic acids is 2. The fourth-order valence-electron chi connectivity index (χ4n) is 2.77. The molecule has 0 aliphatic carbocycles. The summed E-state index contributed by atoms with van der Waals surface area (Å²) in [7, 11) is 0. The summed E-state index contributed by atoms with van der Waals surface area (Å²) < 4.78 is 11.0. The van der Waals surface area contributed by atoms with Gasteiger partial charge in [-0.15, -0.1) is 0 Å². The van der Waals surface area contributed by atoms with Crippen molar-refractivity contribution in [1.82, 2.24) is 0 Å². The first-order chi connectivity index (χ1) is 14.1. The van der Waals surface area contributed by atoms with E-state index in [1.165, 1.54) is 48.5 Å².